The van der Waals surface area contributed by atoms with Crippen LogP contribution in [0.3, 0.4) is 0 Å². The maximum Gasteiger partial charge on any atom is 0.164 e. The highest BCUT2D eigenvalue weighted by atomic mass is 32.1. The van der Waals surface area contributed by atoms with Gasteiger partial charge < -0.3 is 0 Å². The van der Waals surface area contributed by atoms with Crippen LogP contribution in [0.1, 0.15) is 0 Å². The van der Waals surface area contributed by atoms with Crippen LogP contribution in [-0.4, -0.2) is 19.9 Å². The standard InChI is InChI=1S/C44H26N4S2/c1-4-12-27(13-5-1)41-46-42(28-14-6-2-7-15-28)48-43(47-41)32-24-30-18-10-11-19-33(30)35(25-32)31-20-21-34-38(26-31)49-37-23-22-36-40(39(34)37)50-44(45-36)29-16-8-3-9-17-29/h1-26H. The molecule has 0 N–H and O–H groups in total. The molecule has 50 heavy (non-hydrogen) atoms. The van der Waals surface area contributed by atoms with Gasteiger partial charge in [0.25, 0.3) is 0 Å². The van der Waals surface area contributed by atoms with Crippen molar-refractivity contribution in [3.63, 3.8) is 0 Å². The second-order valence-electron chi connectivity index (χ2n) is 12.3. The summed E-state index contributed by atoms with van der Waals surface area (Å²) in [6.07, 6.45) is 0. The average Bonchev–Trinajstić information content (AvgIpc) is 3.80. The third kappa shape index (κ3) is 4.96. The Morgan fingerprint density at radius 3 is 1.70 bits per heavy atom. The number of aromatic nitrogens is 4. The molecule has 3 heterocycles. The number of hydrogen-bond donors (Lipinski definition) is 0. The molecular formula is C44H26N4S2. The lowest BCUT2D eigenvalue weighted by atomic mass is 9.94. The number of thiophene rings is 1. The first-order valence-corrected chi connectivity index (χ1v) is 18.1. The summed E-state index contributed by atoms with van der Waals surface area (Å²) >= 11 is 3.62. The first kappa shape index (κ1) is 28.9. The van der Waals surface area contributed by atoms with Gasteiger partial charge in [-0.1, -0.05) is 127 Å². The molecule has 0 spiro atoms. The fourth-order valence-corrected chi connectivity index (χ4v) is 9.08. The molecule has 0 atom stereocenters. The Kier molecular flexibility index (Phi) is 6.82. The van der Waals surface area contributed by atoms with E-state index in [1.807, 2.05) is 78.1 Å². The molecule has 0 saturated heterocycles. The fraction of sp³-hybridized carbons (Fsp3) is 0. The quantitative estimate of drug-likeness (QED) is 0.182. The van der Waals surface area contributed by atoms with E-state index in [0.29, 0.717) is 17.5 Å². The zero-order valence-corrected chi connectivity index (χ0v) is 28.2. The van der Waals surface area contributed by atoms with Crippen molar-refractivity contribution in [2.45, 2.75) is 0 Å². The first-order chi connectivity index (χ1) is 24.7. The fourth-order valence-electron chi connectivity index (χ4n) is 6.73. The Morgan fingerprint density at radius 1 is 0.380 bits per heavy atom. The Morgan fingerprint density at radius 2 is 1.00 bits per heavy atom. The minimum absolute atomic E-state index is 0.648. The van der Waals surface area contributed by atoms with E-state index in [9.17, 15) is 0 Å². The summed E-state index contributed by atoms with van der Waals surface area (Å²) in [5.74, 6) is 1.95. The van der Waals surface area contributed by atoms with Crippen LogP contribution in [0.2, 0.25) is 0 Å². The smallest absolute Gasteiger partial charge is 0.164 e. The second kappa shape index (κ2) is 11.8. The van der Waals surface area contributed by atoms with Crippen molar-refractivity contribution < 1.29 is 0 Å². The summed E-state index contributed by atoms with van der Waals surface area (Å²) in [5, 5.41) is 5.94. The van der Waals surface area contributed by atoms with Gasteiger partial charge in [0, 0.05) is 42.4 Å². The zero-order chi connectivity index (χ0) is 33.0. The van der Waals surface area contributed by atoms with E-state index in [1.165, 1.54) is 30.3 Å². The van der Waals surface area contributed by atoms with Crippen molar-refractivity contribution in [2.24, 2.45) is 0 Å². The van der Waals surface area contributed by atoms with E-state index in [-0.39, 0.29) is 0 Å². The van der Waals surface area contributed by atoms with Gasteiger partial charge in [0.1, 0.15) is 5.01 Å². The summed E-state index contributed by atoms with van der Waals surface area (Å²) in [6.45, 7) is 0. The molecule has 0 unspecified atom stereocenters. The molecule has 7 aromatic carbocycles. The molecule has 4 nitrogen and oxygen atoms in total. The molecule has 6 heteroatoms. The van der Waals surface area contributed by atoms with Crippen molar-refractivity contribution in [1.29, 1.82) is 0 Å². The summed E-state index contributed by atoms with van der Waals surface area (Å²) in [6, 6.07) is 55.0. The van der Waals surface area contributed by atoms with Crippen LogP contribution in [0.15, 0.2) is 158 Å². The molecule has 0 fully saturated rings. The van der Waals surface area contributed by atoms with Gasteiger partial charge in [-0.3, -0.25) is 0 Å². The molecule has 0 amide bonds. The minimum Gasteiger partial charge on any atom is -0.236 e. The van der Waals surface area contributed by atoms with Gasteiger partial charge in [0.05, 0.1) is 10.2 Å². The molecule has 0 bridgehead atoms. The minimum atomic E-state index is 0.648. The van der Waals surface area contributed by atoms with Gasteiger partial charge in [0.2, 0.25) is 0 Å². The van der Waals surface area contributed by atoms with Crippen LogP contribution in [-0.2, 0) is 0 Å². The lowest BCUT2D eigenvalue weighted by Gasteiger charge is -2.12. The van der Waals surface area contributed by atoms with Gasteiger partial charge in [-0.2, -0.15) is 0 Å². The first-order valence-electron chi connectivity index (χ1n) is 16.5. The van der Waals surface area contributed by atoms with Crippen LogP contribution >= 0.6 is 22.7 Å². The third-order valence-corrected chi connectivity index (χ3v) is 11.4. The normalized spacial score (nSPS) is 11.6. The Labute approximate surface area is 296 Å². The number of fused-ring (bicyclic) bond motifs is 6. The molecule has 0 aliphatic heterocycles. The summed E-state index contributed by atoms with van der Waals surface area (Å²) in [4.78, 5) is 20.0. The Hall–Kier alpha value is -6.08. The summed E-state index contributed by atoms with van der Waals surface area (Å²) < 4.78 is 3.77. The number of benzene rings is 7. The largest absolute Gasteiger partial charge is 0.236 e. The van der Waals surface area contributed by atoms with Crippen molar-refractivity contribution in [1.82, 2.24) is 19.9 Å². The molecule has 0 aliphatic carbocycles. The summed E-state index contributed by atoms with van der Waals surface area (Å²) in [7, 11) is 0. The van der Waals surface area contributed by atoms with Crippen LogP contribution in [0.4, 0.5) is 0 Å². The van der Waals surface area contributed by atoms with E-state index in [1.54, 1.807) is 11.3 Å². The van der Waals surface area contributed by atoms with Gasteiger partial charge in [-0.25, -0.2) is 19.9 Å². The van der Waals surface area contributed by atoms with E-state index in [2.05, 4.69) is 91.0 Å². The zero-order valence-electron chi connectivity index (χ0n) is 26.6. The van der Waals surface area contributed by atoms with Crippen LogP contribution in [0, 0.1) is 0 Å². The predicted molar refractivity (Wildman–Crippen MR) is 211 cm³/mol. The lowest BCUT2D eigenvalue weighted by molar-refractivity contribution is 1.07. The van der Waals surface area contributed by atoms with Crippen LogP contribution in [0.25, 0.3) is 97.0 Å². The molecule has 10 aromatic rings. The monoisotopic (exact) mass is 674 g/mol. The van der Waals surface area contributed by atoms with E-state index < -0.39 is 0 Å². The van der Waals surface area contributed by atoms with Crippen molar-refractivity contribution >= 4 is 63.8 Å². The SMILES string of the molecule is c1ccc(-c2nc(-c3ccccc3)nc(-c3cc(-c4ccc5c(c4)sc4ccc6nc(-c7ccccc7)sc6c45)c4ccccc4c3)n2)cc1. The number of nitrogens with zero attached hydrogens (tertiary/aromatic N) is 4. The molecule has 3 aromatic heterocycles. The molecule has 0 saturated carbocycles. The molecule has 0 aliphatic rings. The van der Waals surface area contributed by atoms with E-state index >= 15 is 0 Å². The van der Waals surface area contributed by atoms with Crippen LogP contribution in [0.5, 0.6) is 0 Å². The van der Waals surface area contributed by atoms with Crippen molar-refractivity contribution in [2.75, 3.05) is 0 Å². The van der Waals surface area contributed by atoms with Crippen molar-refractivity contribution in [3.05, 3.63) is 158 Å². The number of thiazole rings is 1. The molecule has 10 rings (SSSR count). The second-order valence-corrected chi connectivity index (χ2v) is 14.4. The number of hydrogen-bond acceptors (Lipinski definition) is 6. The highest BCUT2D eigenvalue weighted by Crippen LogP contribution is 2.44. The van der Waals surface area contributed by atoms with Gasteiger partial charge in [0.15, 0.2) is 17.5 Å². The molecular weight excluding hydrogens is 649 g/mol. The Bertz CT molecular complexity index is 2800. The van der Waals surface area contributed by atoms with Gasteiger partial charge in [-0.05, 0) is 52.2 Å². The summed E-state index contributed by atoms with van der Waals surface area (Å²) in [5.41, 5.74) is 7.37. The van der Waals surface area contributed by atoms with Gasteiger partial charge in [-0.15, -0.1) is 22.7 Å². The van der Waals surface area contributed by atoms with Gasteiger partial charge >= 0.3 is 0 Å². The lowest BCUT2D eigenvalue weighted by Crippen LogP contribution is -2.00. The van der Waals surface area contributed by atoms with Crippen molar-refractivity contribution in [3.8, 4) is 55.9 Å². The predicted octanol–water partition coefficient (Wildman–Crippen LogP) is 12.3. The Balaban J connectivity index is 1.15. The van der Waals surface area contributed by atoms with E-state index in [4.69, 9.17) is 19.9 Å². The average molecular weight is 675 g/mol. The van der Waals surface area contributed by atoms with Crippen LogP contribution < -0.4 is 0 Å². The maximum absolute atomic E-state index is 5.05. The highest BCUT2D eigenvalue weighted by molar-refractivity contribution is 7.28. The number of rotatable bonds is 5. The third-order valence-electron chi connectivity index (χ3n) is 9.14. The molecule has 234 valence electrons. The van der Waals surface area contributed by atoms with E-state index in [0.717, 1.165) is 49.3 Å². The topological polar surface area (TPSA) is 51.6 Å². The highest BCUT2D eigenvalue weighted by Gasteiger charge is 2.17. The molecule has 0 radical (unpaired) electrons. The maximum atomic E-state index is 5.05.